The van der Waals surface area contributed by atoms with Crippen LogP contribution in [-0.4, -0.2) is 33.9 Å². The number of aliphatic hydroxyl groups is 2. The number of nitro groups is 1. The number of nitrogens with zero attached hydrogens (tertiary/aromatic N) is 1. The molecule has 0 aromatic heterocycles. The van der Waals surface area contributed by atoms with Crippen LogP contribution < -0.4 is 5.32 Å². The molecule has 8 nitrogen and oxygen atoms in total. The van der Waals surface area contributed by atoms with E-state index in [9.17, 15) is 25.1 Å². The molecule has 2 rings (SSSR count). The second-order valence-corrected chi connectivity index (χ2v) is 5.29. The summed E-state index contributed by atoms with van der Waals surface area (Å²) >= 11 is 0. The van der Waals surface area contributed by atoms with Crippen LogP contribution in [0.4, 0.5) is 10.5 Å². The average Bonchev–Trinajstić information content (AvgIpc) is 2.64. The summed E-state index contributed by atoms with van der Waals surface area (Å²) in [5.41, 5.74) is 1.01. The van der Waals surface area contributed by atoms with E-state index >= 15 is 0 Å². The molecule has 2 atom stereocenters. The maximum absolute atomic E-state index is 11.8. The van der Waals surface area contributed by atoms with Crippen LogP contribution in [0.15, 0.2) is 54.6 Å². The van der Waals surface area contributed by atoms with Gasteiger partial charge in [-0.15, -0.1) is 0 Å². The number of ether oxygens (including phenoxy) is 1. The average molecular weight is 346 g/mol. The van der Waals surface area contributed by atoms with E-state index in [1.165, 1.54) is 24.3 Å². The maximum atomic E-state index is 11.8. The molecule has 0 radical (unpaired) electrons. The van der Waals surface area contributed by atoms with Crippen LogP contribution >= 0.6 is 0 Å². The molecule has 0 saturated carbocycles. The van der Waals surface area contributed by atoms with Gasteiger partial charge in [0.1, 0.15) is 12.7 Å². The van der Waals surface area contributed by atoms with Crippen molar-refractivity contribution < 1.29 is 24.7 Å². The number of non-ortho nitro benzene ring substituents is 1. The number of nitrogens with one attached hydrogen (secondary N) is 1. The lowest BCUT2D eigenvalue weighted by molar-refractivity contribution is -0.384. The van der Waals surface area contributed by atoms with E-state index in [-0.39, 0.29) is 12.3 Å². The molecule has 2 unspecified atom stereocenters. The number of hydrogen-bond donors (Lipinski definition) is 3. The van der Waals surface area contributed by atoms with E-state index in [0.29, 0.717) is 5.56 Å². The molecule has 0 aliphatic carbocycles. The first-order chi connectivity index (χ1) is 12.0. The van der Waals surface area contributed by atoms with E-state index in [2.05, 4.69) is 5.32 Å². The number of carbonyl (C=O) groups is 1. The summed E-state index contributed by atoms with van der Waals surface area (Å²) in [7, 11) is 0. The minimum atomic E-state index is -1.24. The highest BCUT2D eigenvalue weighted by atomic mass is 16.6. The van der Waals surface area contributed by atoms with Gasteiger partial charge >= 0.3 is 6.09 Å². The highest BCUT2D eigenvalue weighted by Gasteiger charge is 2.23. The molecular formula is C17H18N2O6. The van der Waals surface area contributed by atoms with Crippen LogP contribution in [0, 0.1) is 10.1 Å². The maximum Gasteiger partial charge on any atom is 0.407 e. The lowest BCUT2D eigenvalue weighted by atomic mass is 10.0. The number of rotatable bonds is 7. The van der Waals surface area contributed by atoms with Gasteiger partial charge in [-0.25, -0.2) is 4.79 Å². The molecule has 25 heavy (non-hydrogen) atoms. The molecule has 2 aromatic rings. The summed E-state index contributed by atoms with van der Waals surface area (Å²) < 4.78 is 5.04. The largest absolute Gasteiger partial charge is 0.445 e. The van der Waals surface area contributed by atoms with Crippen molar-refractivity contribution in [3.05, 3.63) is 75.8 Å². The molecule has 0 aliphatic heterocycles. The number of carbonyl (C=O) groups excluding carboxylic acids is 1. The molecule has 1 amide bonds. The predicted octanol–water partition coefficient (Wildman–Crippen LogP) is 1.92. The fraction of sp³-hybridized carbons (Fsp3) is 0.235. The summed E-state index contributed by atoms with van der Waals surface area (Å²) in [5.74, 6) is 0. The third-order valence-electron chi connectivity index (χ3n) is 3.54. The molecule has 0 fully saturated rings. The Balaban J connectivity index is 1.93. The fourth-order valence-corrected chi connectivity index (χ4v) is 2.17. The zero-order valence-corrected chi connectivity index (χ0v) is 13.2. The second kappa shape index (κ2) is 8.76. The van der Waals surface area contributed by atoms with Crippen molar-refractivity contribution in [3.63, 3.8) is 0 Å². The van der Waals surface area contributed by atoms with Crippen molar-refractivity contribution in [1.82, 2.24) is 5.32 Å². The summed E-state index contributed by atoms with van der Waals surface area (Å²) in [5, 5.41) is 32.7. The Morgan fingerprint density at radius 3 is 2.36 bits per heavy atom. The molecule has 2 aromatic carbocycles. The Kier molecular flexibility index (Phi) is 6.44. The smallest absolute Gasteiger partial charge is 0.407 e. The molecule has 8 heteroatoms. The van der Waals surface area contributed by atoms with Crippen LogP contribution in [0.5, 0.6) is 0 Å². The van der Waals surface area contributed by atoms with Gasteiger partial charge in [0, 0.05) is 12.1 Å². The van der Waals surface area contributed by atoms with E-state index in [1.807, 2.05) is 18.2 Å². The number of hydrogen-bond acceptors (Lipinski definition) is 6. The first-order valence-electron chi connectivity index (χ1n) is 7.51. The van der Waals surface area contributed by atoms with Crippen molar-refractivity contribution in [1.29, 1.82) is 0 Å². The molecule has 0 aliphatic rings. The monoisotopic (exact) mass is 346 g/mol. The van der Waals surface area contributed by atoms with Crippen molar-refractivity contribution in [2.24, 2.45) is 0 Å². The van der Waals surface area contributed by atoms with Crippen LogP contribution in [0.2, 0.25) is 0 Å². The lowest BCUT2D eigenvalue weighted by Crippen LogP contribution is -2.42. The molecule has 132 valence electrons. The van der Waals surface area contributed by atoms with Gasteiger partial charge in [0.15, 0.2) is 0 Å². The summed E-state index contributed by atoms with van der Waals surface area (Å²) in [6, 6.07) is 13.2. The molecule has 3 N–H and O–H groups in total. The first-order valence-corrected chi connectivity index (χ1v) is 7.51. The van der Waals surface area contributed by atoms with Crippen LogP contribution in [0.25, 0.3) is 0 Å². The van der Waals surface area contributed by atoms with Crippen molar-refractivity contribution in [3.8, 4) is 0 Å². The normalized spacial score (nSPS) is 12.9. The van der Waals surface area contributed by atoms with E-state index in [1.54, 1.807) is 12.1 Å². The second-order valence-electron chi connectivity index (χ2n) is 5.29. The number of aliphatic hydroxyl groups excluding tert-OH is 2. The van der Waals surface area contributed by atoms with Gasteiger partial charge in [-0.1, -0.05) is 30.3 Å². The standard InChI is InChI=1S/C17H18N2O6/c20-10-15(16(21)13-6-8-14(9-7-13)19(23)24)18-17(22)25-11-12-4-2-1-3-5-12/h1-9,15-16,20-21H,10-11H2,(H,18,22). The van der Waals surface area contributed by atoms with Crippen LogP contribution in [0.3, 0.4) is 0 Å². The summed E-state index contributed by atoms with van der Waals surface area (Å²) in [6.45, 7) is -0.475. The van der Waals surface area contributed by atoms with Gasteiger partial charge in [0.2, 0.25) is 0 Å². The number of alkyl carbamates (subject to hydrolysis) is 1. The summed E-state index contributed by atoms with van der Waals surface area (Å²) in [6.07, 6.45) is -2.03. The number of benzene rings is 2. The first kappa shape index (κ1) is 18.4. The van der Waals surface area contributed by atoms with E-state index < -0.39 is 29.8 Å². The topological polar surface area (TPSA) is 122 Å². The minimum Gasteiger partial charge on any atom is -0.445 e. The molecule has 0 heterocycles. The SMILES string of the molecule is O=C(NC(CO)C(O)c1ccc([N+](=O)[O-])cc1)OCc1ccccc1. The highest BCUT2D eigenvalue weighted by molar-refractivity contribution is 5.67. The Morgan fingerprint density at radius 2 is 1.80 bits per heavy atom. The highest BCUT2D eigenvalue weighted by Crippen LogP contribution is 2.20. The lowest BCUT2D eigenvalue weighted by Gasteiger charge is -2.22. The van der Waals surface area contributed by atoms with Gasteiger partial charge in [0.25, 0.3) is 5.69 Å². The fourth-order valence-electron chi connectivity index (χ4n) is 2.17. The van der Waals surface area contributed by atoms with E-state index in [0.717, 1.165) is 5.56 Å². The molecular weight excluding hydrogens is 328 g/mol. The Hall–Kier alpha value is -2.97. The van der Waals surface area contributed by atoms with Crippen molar-refractivity contribution >= 4 is 11.8 Å². The molecule has 0 bridgehead atoms. The van der Waals surface area contributed by atoms with Gasteiger partial charge in [0.05, 0.1) is 17.6 Å². The molecule has 0 spiro atoms. The van der Waals surface area contributed by atoms with Crippen molar-refractivity contribution in [2.45, 2.75) is 18.8 Å². The van der Waals surface area contributed by atoms with Gasteiger partial charge < -0.3 is 20.3 Å². The summed E-state index contributed by atoms with van der Waals surface area (Å²) in [4.78, 5) is 21.9. The Morgan fingerprint density at radius 1 is 1.16 bits per heavy atom. The quantitative estimate of drug-likeness (QED) is 0.520. The minimum absolute atomic E-state index is 0.0540. The van der Waals surface area contributed by atoms with Crippen LogP contribution in [-0.2, 0) is 11.3 Å². The van der Waals surface area contributed by atoms with E-state index in [4.69, 9.17) is 4.74 Å². The number of nitro benzene ring substituents is 1. The van der Waals surface area contributed by atoms with Gasteiger partial charge in [-0.05, 0) is 23.3 Å². The van der Waals surface area contributed by atoms with Gasteiger partial charge in [-0.2, -0.15) is 0 Å². The predicted molar refractivity (Wildman–Crippen MR) is 88.7 cm³/mol. The zero-order chi connectivity index (χ0) is 18.2. The van der Waals surface area contributed by atoms with Crippen LogP contribution in [0.1, 0.15) is 17.2 Å². The zero-order valence-electron chi connectivity index (χ0n) is 13.2. The van der Waals surface area contributed by atoms with Gasteiger partial charge in [-0.3, -0.25) is 10.1 Å². The Labute approximate surface area is 143 Å². The third kappa shape index (κ3) is 5.27. The molecule has 0 saturated heterocycles. The number of amides is 1. The van der Waals surface area contributed by atoms with Crippen molar-refractivity contribution in [2.75, 3.05) is 6.61 Å². The third-order valence-corrected chi connectivity index (χ3v) is 3.54. The Bertz CT molecular complexity index is 705.